The molecule has 0 rings (SSSR count). The van der Waals surface area contributed by atoms with Crippen LogP contribution in [0.4, 0.5) is 0 Å². The molecule has 4 nitrogen and oxygen atoms in total. The maximum absolute atomic E-state index is 10.4. The third-order valence-electron chi connectivity index (χ3n) is 0.645. The molecule has 0 aromatic carbocycles. The predicted octanol–water partition coefficient (Wildman–Crippen LogP) is 0.240. The second-order valence-electron chi connectivity index (χ2n) is 1.31. The zero-order valence-corrected chi connectivity index (χ0v) is 5.20. The molecule has 9 heavy (non-hydrogen) atoms. The summed E-state index contributed by atoms with van der Waals surface area (Å²) >= 11 is 0. The van der Waals surface area contributed by atoms with Gasteiger partial charge in [0.1, 0.15) is 6.42 Å². The molecule has 0 aromatic rings. The second-order valence-corrected chi connectivity index (χ2v) is 1.31. The first-order valence-corrected chi connectivity index (χ1v) is 2.62. The van der Waals surface area contributed by atoms with Crippen molar-refractivity contribution >= 4 is 12.2 Å². The number of hydrogen-bond acceptors (Lipinski definition) is 2. The van der Waals surface area contributed by atoms with Crippen LogP contribution in [0.25, 0.3) is 5.53 Å². The van der Waals surface area contributed by atoms with Crippen molar-refractivity contribution in [2.75, 3.05) is 6.61 Å². The number of ether oxygens (including phenoxy) is 1. The minimum absolute atomic E-state index is 0.0321. The molecule has 0 aromatic heterocycles. The molecule has 0 heterocycles. The molecule has 0 N–H and O–H groups in total. The maximum atomic E-state index is 10.4. The van der Waals surface area contributed by atoms with Gasteiger partial charge < -0.3 is 10.3 Å². The van der Waals surface area contributed by atoms with E-state index >= 15 is 0 Å². The SMILES string of the molecule is CCOC(=O)CC=[N+]=[N-]. The molecule has 0 bridgehead atoms. The molecule has 0 amide bonds. The monoisotopic (exact) mass is 128 g/mol. The Balaban J connectivity index is 3.38. The standard InChI is InChI=1S/C5H8N2O2/c1-2-9-5(8)3-4-7-6/h4H,2-3H2,1H3. The van der Waals surface area contributed by atoms with Gasteiger partial charge in [-0.3, -0.25) is 4.79 Å². The van der Waals surface area contributed by atoms with Gasteiger partial charge in [0.05, 0.1) is 6.61 Å². The van der Waals surface area contributed by atoms with Crippen molar-refractivity contribution in [3.05, 3.63) is 5.53 Å². The zero-order chi connectivity index (χ0) is 7.11. The zero-order valence-electron chi connectivity index (χ0n) is 5.20. The average molecular weight is 128 g/mol. The first-order valence-electron chi connectivity index (χ1n) is 2.62. The highest BCUT2D eigenvalue weighted by Gasteiger charge is 1.99. The summed E-state index contributed by atoms with van der Waals surface area (Å²) in [6.45, 7) is 2.08. The number of esters is 1. The number of hydrogen-bond donors (Lipinski definition) is 0. The third-order valence-corrected chi connectivity index (χ3v) is 0.645. The van der Waals surface area contributed by atoms with Crippen LogP contribution in [0.3, 0.4) is 0 Å². The summed E-state index contributed by atoms with van der Waals surface area (Å²) in [7, 11) is 0. The summed E-state index contributed by atoms with van der Waals surface area (Å²) in [4.78, 5) is 13.0. The summed E-state index contributed by atoms with van der Waals surface area (Å²) in [5.41, 5.74) is 7.85. The van der Waals surface area contributed by atoms with E-state index in [1.165, 1.54) is 0 Å². The molecule has 0 saturated heterocycles. The van der Waals surface area contributed by atoms with E-state index in [1.807, 2.05) is 0 Å². The highest BCUT2D eigenvalue weighted by molar-refractivity contribution is 5.83. The van der Waals surface area contributed by atoms with Crippen molar-refractivity contribution in [1.29, 1.82) is 0 Å². The van der Waals surface area contributed by atoms with Crippen molar-refractivity contribution in [1.82, 2.24) is 0 Å². The molecular formula is C5H8N2O2. The van der Waals surface area contributed by atoms with Crippen LogP contribution in [-0.4, -0.2) is 23.6 Å². The van der Waals surface area contributed by atoms with E-state index < -0.39 is 0 Å². The molecule has 4 heteroatoms. The Morgan fingerprint density at radius 1 is 1.89 bits per heavy atom. The lowest BCUT2D eigenvalue weighted by Gasteiger charge is -1.92. The largest absolute Gasteiger partial charge is 0.466 e. The van der Waals surface area contributed by atoms with Gasteiger partial charge in [0.2, 0.25) is 0 Å². The van der Waals surface area contributed by atoms with Gasteiger partial charge in [-0.1, -0.05) is 0 Å². The Labute approximate surface area is 53.1 Å². The smallest absolute Gasteiger partial charge is 0.317 e. The third kappa shape index (κ3) is 4.71. The molecule has 0 spiro atoms. The van der Waals surface area contributed by atoms with E-state index in [9.17, 15) is 4.79 Å². The van der Waals surface area contributed by atoms with E-state index in [4.69, 9.17) is 5.53 Å². The maximum Gasteiger partial charge on any atom is 0.317 e. The van der Waals surface area contributed by atoms with E-state index in [0.717, 1.165) is 6.21 Å². The van der Waals surface area contributed by atoms with Gasteiger partial charge in [0.15, 0.2) is 0 Å². The summed E-state index contributed by atoms with van der Waals surface area (Å²) in [6, 6.07) is 0. The fourth-order valence-corrected chi connectivity index (χ4v) is 0.335. The predicted molar refractivity (Wildman–Crippen MR) is 30.9 cm³/mol. The highest BCUT2D eigenvalue weighted by atomic mass is 16.5. The minimum Gasteiger partial charge on any atom is -0.466 e. The van der Waals surface area contributed by atoms with Crippen molar-refractivity contribution in [3.8, 4) is 0 Å². The van der Waals surface area contributed by atoms with Gasteiger partial charge in [0.25, 0.3) is 6.21 Å². The summed E-state index contributed by atoms with van der Waals surface area (Å²) < 4.78 is 4.50. The minimum atomic E-state index is -0.379. The molecule has 0 aliphatic carbocycles. The van der Waals surface area contributed by atoms with Crippen LogP contribution in [0, 0.1) is 0 Å². The van der Waals surface area contributed by atoms with Crippen LogP contribution < -0.4 is 0 Å². The Morgan fingerprint density at radius 3 is 3.00 bits per heavy atom. The molecule has 0 atom stereocenters. The molecule has 0 radical (unpaired) electrons. The summed E-state index contributed by atoms with van der Waals surface area (Å²) in [5, 5.41) is 0. The van der Waals surface area contributed by atoms with Gasteiger partial charge in [-0.2, -0.15) is 4.79 Å². The first-order chi connectivity index (χ1) is 4.31. The lowest BCUT2D eigenvalue weighted by molar-refractivity contribution is -0.142. The van der Waals surface area contributed by atoms with Crippen LogP contribution in [0.1, 0.15) is 13.3 Å². The molecular weight excluding hydrogens is 120 g/mol. The van der Waals surface area contributed by atoms with Crippen LogP contribution in [0.5, 0.6) is 0 Å². The Hall–Kier alpha value is -1.15. The Kier molecular flexibility index (Phi) is 4.36. The van der Waals surface area contributed by atoms with Gasteiger partial charge in [-0.15, -0.1) is 0 Å². The highest BCUT2D eigenvalue weighted by Crippen LogP contribution is 1.79. The van der Waals surface area contributed by atoms with Crippen molar-refractivity contribution in [3.63, 3.8) is 0 Å². The van der Waals surface area contributed by atoms with E-state index in [1.54, 1.807) is 6.92 Å². The van der Waals surface area contributed by atoms with Crippen molar-refractivity contribution in [2.24, 2.45) is 0 Å². The molecule has 0 fully saturated rings. The number of carbonyl (C=O) groups excluding carboxylic acids is 1. The molecule has 0 unspecified atom stereocenters. The van der Waals surface area contributed by atoms with E-state index in [0.29, 0.717) is 6.61 Å². The van der Waals surface area contributed by atoms with Gasteiger partial charge >= 0.3 is 5.97 Å². The van der Waals surface area contributed by atoms with Gasteiger partial charge in [0, 0.05) is 0 Å². The van der Waals surface area contributed by atoms with Crippen LogP contribution in [-0.2, 0) is 9.53 Å². The van der Waals surface area contributed by atoms with Crippen LogP contribution in [0.15, 0.2) is 0 Å². The molecule has 50 valence electrons. The first kappa shape index (κ1) is 7.85. The van der Waals surface area contributed by atoms with E-state index in [2.05, 4.69) is 9.53 Å². The van der Waals surface area contributed by atoms with E-state index in [-0.39, 0.29) is 12.4 Å². The number of rotatable bonds is 3. The Morgan fingerprint density at radius 2 is 2.56 bits per heavy atom. The summed E-state index contributed by atoms with van der Waals surface area (Å²) in [5.74, 6) is -0.379. The van der Waals surface area contributed by atoms with Crippen LogP contribution >= 0.6 is 0 Å². The second kappa shape index (κ2) is 5.00. The normalized spacial score (nSPS) is 7.67. The lowest BCUT2D eigenvalue weighted by Crippen LogP contribution is -2.03. The topological polar surface area (TPSA) is 62.7 Å². The Bertz CT molecular complexity index is 138. The fourth-order valence-electron chi connectivity index (χ4n) is 0.335. The van der Waals surface area contributed by atoms with Crippen molar-refractivity contribution in [2.45, 2.75) is 13.3 Å². The van der Waals surface area contributed by atoms with Crippen molar-refractivity contribution < 1.29 is 14.3 Å². The number of nitrogens with zero attached hydrogens (tertiary/aromatic N) is 2. The van der Waals surface area contributed by atoms with Crippen LogP contribution in [0.2, 0.25) is 0 Å². The number of carbonyl (C=O) groups is 1. The molecule has 0 aliphatic rings. The quantitative estimate of drug-likeness (QED) is 0.236. The fraction of sp³-hybridized carbons (Fsp3) is 0.600. The molecule has 0 saturated carbocycles. The average Bonchev–Trinajstić information content (AvgIpc) is 1.85. The molecule has 0 aliphatic heterocycles. The van der Waals surface area contributed by atoms with Gasteiger partial charge in [-0.05, 0) is 6.92 Å². The summed E-state index contributed by atoms with van der Waals surface area (Å²) in [6.07, 6.45) is 1.11. The lowest BCUT2D eigenvalue weighted by atomic mass is 10.5. The van der Waals surface area contributed by atoms with Gasteiger partial charge in [-0.25, -0.2) is 0 Å².